The van der Waals surface area contributed by atoms with Gasteiger partial charge in [0, 0.05) is 30.2 Å². The van der Waals surface area contributed by atoms with Gasteiger partial charge in [-0.05, 0) is 12.1 Å². The maximum absolute atomic E-state index is 11.3. The van der Waals surface area contributed by atoms with Gasteiger partial charge in [0.15, 0.2) is 9.84 Å². The van der Waals surface area contributed by atoms with E-state index in [1.807, 2.05) is 4.90 Å². The molecule has 0 aromatic heterocycles. The third-order valence-electron chi connectivity index (χ3n) is 2.91. The van der Waals surface area contributed by atoms with Gasteiger partial charge in [0.1, 0.15) is 5.75 Å². The van der Waals surface area contributed by atoms with Crippen molar-refractivity contribution >= 4 is 21.4 Å². The zero-order valence-electron chi connectivity index (χ0n) is 9.26. The van der Waals surface area contributed by atoms with Crippen LogP contribution >= 0.6 is 11.6 Å². The molecule has 94 valence electrons. The highest BCUT2D eigenvalue weighted by atomic mass is 35.5. The molecule has 1 saturated heterocycles. The lowest BCUT2D eigenvalue weighted by atomic mass is 10.2. The van der Waals surface area contributed by atoms with Crippen LogP contribution in [-0.4, -0.2) is 43.0 Å². The number of aromatic hydroxyl groups is 1. The normalized spacial score (nSPS) is 20.3. The predicted octanol–water partition coefficient (Wildman–Crippen LogP) is 1.28. The SMILES string of the molecule is O=S1(=O)CCN(Cc2c(O)cccc2Cl)CC1. The number of hydrogen-bond donors (Lipinski definition) is 1. The molecule has 0 saturated carbocycles. The predicted molar refractivity (Wildman–Crippen MR) is 67.0 cm³/mol. The van der Waals surface area contributed by atoms with Gasteiger partial charge in [-0.15, -0.1) is 0 Å². The van der Waals surface area contributed by atoms with Gasteiger partial charge in [0.05, 0.1) is 11.5 Å². The van der Waals surface area contributed by atoms with Gasteiger partial charge in [0.25, 0.3) is 0 Å². The van der Waals surface area contributed by atoms with Crippen molar-refractivity contribution < 1.29 is 13.5 Å². The first-order valence-corrected chi connectivity index (χ1v) is 7.57. The molecule has 4 nitrogen and oxygen atoms in total. The van der Waals surface area contributed by atoms with Crippen LogP contribution in [0.1, 0.15) is 5.56 Å². The van der Waals surface area contributed by atoms with Crippen molar-refractivity contribution in [3.05, 3.63) is 28.8 Å². The van der Waals surface area contributed by atoms with Crippen molar-refractivity contribution in [2.24, 2.45) is 0 Å². The fourth-order valence-corrected chi connectivity index (χ4v) is 3.34. The molecule has 0 aliphatic carbocycles. The van der Waals surface area contributed by atoms with Gasteiger partial charge < -0.3 is 5.11 Å². The summed E-state index contributed by atoms with van der Waals surface area (Å²) in [7, 11) is -2.87. The second kappa shape index (κ2) is 4.84. The Hall–Kier alpha value is -0.780. The summed E-state index contributed by atoms with van der Waals surface area (Å²) in [6.07, 6.45) is 0. The number of halogens is 1. The largest absolute Gasteiger partial charge is 0.508 e. The minimum absolute atomic E-state index is 0.158. The topological polar surface area (TPSA) is 57.6 Å². The van der Waals surface area contributed by atoms with Crippen molar-refractivity contribution in [1.82, 2.24) is 4.90 Å². The molecule has 1 aromatic rings. The molecule has 1 aliphatic rings. The van der Waals surface area contributed by atoms with E-state index in [0.717, 1.165) is 0 Å². The van der Waals surface area contributed by atoms with E-state index >= 15 is 0 Å². The average Bonchev–Trinajstić information content (AvgIpc) is 2.26. The monoisotopic (exact) mass is 275 g/mol. The highest BCUT2D eigenvalue weighted by molar-refractivity contribution is 7.91. The molecule has 6 heteroatoms. The van der Waals surface area contributed by atoms with E-state index in [0.29, 0.717) is 30.2 Å². The van der Waals surface area contributed by atoms with Crippen LogP contribution in [0.2, 0.25) is 5.02 Å². The Balaban J connectivity index is 2.08. The molecule has 2 rings (SSSR count). The molecule has 0 amide bonds. The van der Waals surface area contributed by atoms with E-state index in [-0.39, 0.29) is 17.3 Å². The Labute approximate surface area is 106 Å². The first-order chi connectivity index (χ1) is 7.98. The average molecular weight is 276 g/mol. The minimum atomic E-state index is -2.87. The van der Waals surface area contributed by atoms with E-state index in [4.69, 9.17) is 11.6 Å². The van der Waals surface area contributed by atoms with Crippen molar-refractivity contribution in [2.45, 2.75) is 6.54 Å². The van der Waals surface area contributed by atoms with E-state index in [1.165, 1.54) is 0 Å². The molecule has 0 bridgehead atoms. The first kappa shape index (κ1) is 12.7. The number of hydrogen-bond acceptors (Lipinski definition) is 4. The quantitative estimate of drug-likeness (QED) is 0.883. The Morgan fingerprint density at radius 2 is 1.94 bits per heavy atom. The second-order valence-electron chi connectivity index (χ2n) is 4.17. The maximum Gasteiger partial charge on any atom is 0.152 e. The third kappa shape index (κ3) is 3.12. The van der Waals surface area contributed by atoms with Gasteiger partial charge in [-0.2, -0.15) is 0 Å². The third-order valence-corrected chi connectivity index (χ3v) is 4.88. The van der Waals surface area contributed by atoms with Gasteiger partial charge in [-0.1, -0.05) is 17.7 Å². The fraction of sp³-hybridized carbons (Fsp3) is 0.455. The fourth-order valence-electron chi connectivity index (χ4n) is 1.84. The van der Waals surface area contributed by atoms with E-state index in [9.17, 15) is 13.5 Å². The minimum Gasteiger partial charge on any atom is -0.508 e. The zero-order chi connectivity index (χ0) is 12.5. The zero-order valence-corrected chi connectivity index (χ0v) is 10.8. The molecule has 0 unspecified atom stereocenters. The van der Waals surface area contributed by atoms with Gasteiger partial charge in [-0.25, -0.2) is 8.42 Å². The Kier molecular flexibility index (Phi) is 3.61. The van der Waals surface area contributed by atoms with Crippen molar-refractivity contribution in [3.8, 4) is 5.75 Å². The number of phenols is 1. The molecule has 17 heavy (non-hydrogen) atoms. The van der Waals surface area contributed by atoms with Crippen LogP contribution in [0.4, 0.5) is 0 Å². The maximum atomic E-state index is 11.3. The van der Waals surface area contributed by atoms with Gasteiger partial charge in [-0.3, -0.25) is 4.90 Å². The number of phenolic OH excluding ortho intramolecular Hbond substituents is 1. The number of rotatable bonds is 2. The van der Waals surface area contributed by atoms with Crippen molar-refractivity contribution in [3.63, 3.8) is 0 Å². The van der Waals surface area contributed by atoms with Crippen molar-refractivity contribution in [1.29, 1.82) is 0 Å². The standard InChI is InChI=1S/C11H14ClNO3S/c12-10-2-1-3-11(14)9(10)8-13-4-6-17(15,16)7-5-13/h1-3,14H,4-8H2. The molecular weight excluding hydrogens is 262 g/mol. The number of benzene rings is 1. The summed E-state index contributed by atoms with van der Waals surface area (Å²) in [6, 6.07) is 4.99. The second-order valence-corrected chi connectivity index (χ2v) is 6.88. The summed E-state index contributed by atoms with van der Waals surface area (Å²) < 4.78 is 22.6. The van der Waals surface area contributed by atoms with Gasteiger partial charge in [0.2, 0.25) is 0 Å². The first-order valence-electron chi connectivity index (χ1n) is 5.37. The van der Waals surface area contributed by atoms with Gasteiger partial charge >= 0.3 is 0 Å². The smallest absolute Gasteiger partial charge is 0.152 e. The molecule has 0 radical (unpaired) electrons. The summed E-state index contributed by atoms with van der Waals surface area (Å²) in [5.74, 6) is 0.516. The van der Waals surface area contributed by atoms with Crippen LogP contribution in [0.3, 0.4) is 0 Å². The summed E-state index contributed by atoms with van der Waals surface area (Å²) in [5, 5.41) is 10.2. The highest BCUT2D eigenvalue weighted by Crippen LogP contribution is 2.27. The summed E-state index contributed by atoms with van der Waals surface area (Å²) in [5.41, 5.74) is 0.661. The van der Waals surface area contributed by atoms with E-state index < -0.39 is 9.84 Å². The molecule has 1 fully saturated rings. The molecular formula is C11H14ClNO3S. The molecule has 1 aliphatic heterocycles. The molecule has 0 spiro atoms. The van der Waals surface area contributed by atoms with Crippen LogP contribution in [-0.2, 0) is 16.4 Å². The Morgan fingerprint density at radius 3 is 2.53 bits per heavy atom. The lowest BCUT2D eigenvalue weighted by Crippen LogP contribution is -2.39. The summed E-state index contributed by atoms with van der Waals surface area (Å²) in [6.45, 7) is 1.47. The van der Waals surface area contributed by atoms with E-state index in [2.05, 4.69) is 0 Å². The highest BCUT2D eigenvalue weighted by Gasteiger charge is 2.22. The van der Waals surface area contributed by atoms with E-state index in [1.54, 1.807) is 18.2 Å². The summed E-state index contributed by atoms with van der Waals surface area (Å²) in [4.78, 5) is 1.99. The molecule has 1 aromatic carbocycles. The lowest BCUT2D eigenvalue weighted by Gasteiger charge is -2.27. The number of sulfone groups is 1. The van der Waals surface area contributed by atoms with Crippen LogP contribution in [0.25, 0.3) is 0 Å². The molecule has 1 N–H and O–H groups in total. The molecule has 1 heterocycles. The molecule has 0 atom stereocenters. The lowest BCUT2D eigenvalue weighted by molar-refractivity contribution is 0.283. The Bertz CT molecular complexity index is 481. The van der Waals surface area contributed by atoms with Crippen LogP contribution in [0.5, 0.6) is 5.75 Å². The van der Waals surface area contributed by atoms with Crippen LogP contribution in [0, 0.1) is 0 Å². The Morgan fingerprint density at radius 1 is 1.29 bits per heavy atom. The number of nitrogens with zero attached hydrogens (tertiary/aromatic N) is 1. The summed E-state index contributed by atoms with van der Waals surface area (Å²) >= 11 is 6.00. The van der Waals surface area contributed by atoms with Crippen molar-refractivity contribution in [2.75, 3.05) is 24.6 Å². The van der Waals surface area contributed by atoms with Crippen LogP contribution in [0.15, 0.2) is 18.2 Å². The van der Waals surface area contributed by atoms with Crippen LogP contribution < -0.4 is 0 Å².